The molecule has 2 heteroatoms. The molecule has 2 aliphatic rings. The van der Waals surface area contributed by atoms with Crippen molar-refractivity contribution in [1.29, 1.82) is 0 Å². The average Bonchev–Trinajstić information content (AvgIpc) is 2.55. The summed E-state index contributed by atoms with van der Waals surface area (Å²) in [5.74, 6) is 1.03. The molecule has 0 bridgehead atoms. The Balaban J connectivity index is 1.77. The lowest BCUT2D eigenvalue weighted by Crippen LogP contribution is -2.41. The van der Waals surface area contributed by atoms with Gasteiger partial charge >= 0.3 is 0 Å². The van der Waals surface area contributed by atoms with Gasteiger partial charge in [-0.2, -0.15) is 0 Å². The molecule has 2 fully saturated rings. The molecule has 2 nitrogen and oxygen atoms in total. The van der Waals surface area contributed by atoms with Crippen LogP contribution in [-0.4, -0.2) is 37.1 Å². The molecule has 1 heterocycles. The van der Waals surface area contributed by atoms with E-state index in [4.69, 9.17) is 0 Å². The molecule has 13 heavy (non-hydrogen) atoms. The molecular formula is C11H22N2. The fourth-order valence-corrected chi connectivity index (χ4v) is 2.49. The third-order valence-electron chi connectivity index (χ3n) is 3.67. The monoisotopic (exact) mass is 182 g/mol. The van der Waals surface area contributed by atoms with Crippen LogP contribution >= 0.6 is 0 Å². The van der Waals surface area contributed by atoms with Crippen LogP contribution in [0, 0.1) is 5.92 Å². The van der Waals surface area contributed by atoms with Gasteiger partial charge in [0.15, 0.2) is 0 Å². The topological polar surface area (TPSA) is 15.3 Å². The lowest BCUT2D eigenvalue weighted by Gasteiger charge is -2.34. The van der Waals surface area contributed by atoms with Gasteiger partial charge in [-0.1, -0.05) is 13.3 Å². The maximum atomic E-state index is 3.45. The van der Waals surface area contributed by atoms with Crippen LogP contribution in [0.25, 0.3) is 0 Å². The van der Waals surface area contributed by atoms with Crippen LogP contribution < -0.4 is 5.32 Å². The fourth-order valence-electron chi connectivity index (χ4n) is 2.49. The quantitative estimate of drug-likeness (QED) is 0.708. The molecular weight excluding hydrogens is 160 g/mol. The van der Waals surface area contributed by atoms with E-state index < -0.39 is 0 Å². The van der Waals surface area contributed by atoms with E-state index in [0.29, 0.717) is 0 Å². The Bertz CT molecular complexity index is 148. The molecule has 0 spiro atoms. The molecule has 1 atom stereocenters. The van der Waals surface area contributed by atoms with Crippen molar-refractivity contribution in [1.82, 2.24) is 10.2 Å². The molecule has 1 N–H and O–H groups in total. The first-order valence-corrected chi connectivity index (χ1v) is 5.85. The van der Waals surface area contributed by atoms with Gasteiger partial charge < -0.3 is 5.32 Å². The summed E-state index contributed by atoms with van der Waals surface area (Å²) < 4.78 is 0. The Morgan fingerprint density at radius 3 is 2.62 bits per heavy atom. The zero-order valence-corrected chi connectivity index (χ0v) is 8.76. The fraction of sp³-hybridized carbons (Fsp3) is 1.00. The molecule has 76 valence electrons. The van der Waals surface area contributed by atoms with Crippen molar-refractivity contribution in [2.24, 2.45) is 5.92 Å². The predicted molar refractivity (Wildman–Crippen MR) is 55.9 cm³/mol. The lowest BCUT2D eigenvalue weighted by atomic mass is 9.85. The SMILES string of the molecule is CCN(CC1CCC1)C1CCNC1. The van der Waals surface area contributed by atoms with Crippen LogP contribution in [0.1, 0.15) is 32.6 Å². The Morgan fingerprint density at radius 1 is 1.31 bits per heavy atom. The van der Waals surface area contributed by atoms with Gasteiger partial charge in [-0.15, -0.1) is 0 Å². The van der Waals surface area contributed by atoms with Gasteiger partial charge in [-0.05, 0) is 38.3 Å². The summed E-state index contributed by atoms with van der Waals surface area (Å²) in [6.07, 6.45) is 5.80. The first-order valence-electron chi connectivity index (χ1n) is 5.85. The van der Waals surface area contributed by atoms with Crippen molar-refractivity contribution in [2.45, 2.75) is 38.6 Å². The summed E-state index contributed by atoms with van der Waals surface area (Å²) in [5, 5.41) is 3.45. The zero-order valence-electron chi connectivity index (χ0n) is 8.76. The van der Waals surface area contributed by atoms with E-state index in [2.05, 4.69) is 17.1 Å². The molecule has 1 unspecified atom stereocenters. The number of nitrogens with one attached hydrogen (secondary N) is 1. The molecule has 1 aliphatic heterocycles. The maximum Gasteiger partial charge on any atom is 0.0232 e. The molecule has 0 aromatic heterocycles. The van der Waals surface area contributed by atoms with E-state index in [-0.39, 0.29) is 0 Å². The van der Waals surface area contributed by atoms with E-state index in [1.807, 2.05) is 0 Å². The average molecular weight is 182 g/mol. The van der Waals surface area contributed by atoms with E-state index in [1.54, 1.807) is 0 Å². The van der Waals surface area contributed by atoms with Gasteiger partial charge in [0, 0.05) is 19.1 Å². The van der Waals surface area contributed by atoms with Crippen molar-refractivity contribution < 1.29 is 0 Å². The minimum absolute atomic E-state index is 0.839. The van der Waals surface area contributed by atoms with E-state index >= 15 is 0 Å². The zero-order chi connectivity index (χ0) is 9.10. The van der Waals surface area contributed by atoms with Gasteiger partial charge in [0.2, 0.25) is 0 Å². The first-order chi connectivity index (χ1) is 6.40. The second-order valence-corrected chi connectivity index (χ2v) is 4.53. The maximum absolute atomic E-state index is 3.45. The van der Waals surface area contributed by atoms with Gasteiger partial charge in [-0.3, -0.25) is 4.90 Å². The van der Waals surface area contributed by atoms with Crippen molar-refractivity contribution in [3.63, 3.8) is 0 Å². The van der Waals surface area contributed by atoms with Gasteiger partial charge in [0.05, 0.1) is 0 Å². The predicted octanol–water partition coefficient (Wildman–Crippen LogP) is 1.47. The highest BCUT2D eigenvalue weighted by Gasteiger charge is 2.25. The highest BCUT2D eigenvalue weighted by Crippen LogP contribution is 2.28. The standard InChI is InChI=1S/C11H22N2/c1-2-13(9-10-4-3-5-10)11-6-7-12-8-11/h10-12H,2-9H2,1H3. The van der Waals surface area contributed by atoms with Crippen LogP contribution in [0.4, 0.5) is 0 Å². The van der Waals surface area contributed by atoms with Crippen molar-refractivity contribution >= 4 is 0 Å². The third kappa shape index (κ3) is 2.23. The van der Waals surface area contributed by atoms with E-state index in [0.717, 1.165) is 12.0 Å². The largest absolute Gasteiger partial charge is 0.315 e. The second-order valence-electron chi connectivity index (χ2n) is 4.53. The number of likely N-dealkylation sites (N-methyl/N-ethyl adjacent to an activating group) is 1. The third-order valence-corrected chi connectivity index (χ3v) is 3.67. The highest BCUT2D eigenvalue weighted by atomic mass is 15.2. The summed E-state index contributed by atoms with van der Waals surface area (Å²) >= 11 is 0. The molecule has 0 aromatic carbocycles. The highest BCUT2D eigenvalue weighted by molar-refractivity contribution is 4.83. The van der Waals surface area contributed by atoms with Crippen LogP contribution in [0.5, 0.6) is 0 Å². The molecule has 0 aromatic rings. The normalized spacial score (nSPS) is 29.5. The van der Waals surface area contributed by atoms with Crippen LogP contribution in [0.3, 0.4) is 0 Å². The molecule has 0 amide bonds. The lowest BCUT2D eigenvalue weighted by molar-refractivity contribution is 0.146. The van der Waals surface area contributed by atoms with Crippen molar-refractivity contribution in [3.05, 3.63) is 0 Å². The van der Waals surface area contributed by atoms with Gasteiger partial charge in [0.1, 0.15) is 0 Å². The van der Waals surface area contributed by atoms with Crippen molar-refractivity contribution in [2.75, 3.05) is 26.2 Å². The number of nitrogens with zero attached hydrogens (tertiary/aromatic N) is 1. The van der Waals surface area contributed by atoms with E-state index in [9.17, 15) is 0 Å². The summed E-state index contributed by atoms with van der Waals surface area (Å²) in [6.45, 7) is 7.36. The molecule has 1 aliphatic carbocycles. The second kappa shape index (κ2) is 4.43. The summed E-state index contributed by atoms with van der Waals surface area (Å²) in [5.41, 5.74) is 0. The molecule has 2 rings (SSSR count). The Labute approximate surface area is 81.7 Å². The molecule has 1 saturated heterocycles. The number of hydrogen-bond acceptors (Lipinski definition) is 2. The number of rotatable bonds is 4. The molecule has 1 saturated carbocycles. The minimum atomic E-state index is 0.839. The Morgan fingerprint density at radius 2 is 2.15 bits per heavy atom. The van der Waals surface area contributed by atoms with Crippen LogP contribution in [0.15, 0.2) is 0 Å². The summed E-state index contributed by atoms with van der Waals surface area (Å²) in [4.78, 5) is 2.68. The first kappa shape index (κ1) is 9.47. The van der Waals surface area contributed by atoms with E-state index in [1.165, 1.54) is 51.9 Å². The summed E-state index contributed by atoms with van der Waals surface area (Å²) in [6, 6.07) is 0.839. The van der Waals surface area contributed by atoms with Crippen LogP contribution in [0.2, 0.25) is 0 Å². The molecule has 0 radical (unpaired) electrons. The number of hydrogen-bond donors (Lipinski definition) is 1. The van der Waals surface area contributed by atoms with Gasteiger partial charge in [-0.25, -0.2) is 0 Å². The Hall–Kier alpha value is -0.0800. The smallest absolute Gasteiger partial charge is 0.0232 e. The summed E-state index contributed by atoms with van der Waals surface area (Å²) in [7, 11) is 0. The Kier molecular flexibility index (Phi) is 3.23. The van der Waals surface area contributed by atoms with Gasteiger partial charge in [0.25, 0.3) is 0 Å². The van der Waals surface area contributed by atoms with Crippen LogP contribution in [-0.2, 0) is 0 Å². The van der Waals surface area contributed by atoms with Crippen molar-refractivity contribution in [3.8, 4) is 0 Å². The minimum Gasteiger partial charge on any atom is -0.315 e.